The highest BCUT2D eigenvalue weighted by molar-refractivity contribution is 5.65. The second kappa shape index (κ2) is 5.30. The number of hydrogen-bond donors (Lipinski definition) is 1. The molecule has 0 aliphatic rings. The zero-order valence-electron chi connectivity index (χ0n) is 9.68. The number of halogens is 1. The van der Waals surface area contributed by atoms with E-state index in [9.17, 15) is 4.39 Å². The summed E-state index contributed by atoms with van der Waals surface area (Å²) in [6.45, 7) is 0.135. The molecule has 0 radical (unpaired) electrons. The van der Waals surface area contributed by atoms with Crippen LogP contribution in [0.4, 0.5) is 15.8 Å². The van der Waals surface area contributed by atoms with Crippen molar-refractivity contribution in [3.05, 3.63) is 59.9 Å². The molecule has 0 saturated heterocycles. The van der Waals surface area contributed by atoms with E-state index in [2.05, 4.69) is 0 Å². The van der Waals surface area contributed by atoms with Crippen LogP contribution in [0.3, 0.4) is 0 Å². The van der Waals surface area contributed by atoms with Gasteiger partial charge in [-0.05, 0) is 30.3 Å². The largest absolute Gasteiger partial charge is 0.326 e. The Morgan fingerprint density at radius 3 is 2.50 bits per heavy atom. The van der Waals surface area contributed by atoms with E-state index in [-0.39, 0.29) is 6.67 Å². The van der Waals surface area contributed by atoms with Gasteiger partial charge >= 0.3 is 0 Å². The summed E-state index contributed by atoms with van der Waals surface area (Å²) in [5, 5.41) is 8.86. The molecule has 0 atom stereocenters. The fraction of sp³-hybridized carbons (Fsp3) is 0.0714. The summed E-state index contributed by atoms with van der Waals surface area (Å²) in [5.74, 6) is -0.400. The van der Waals surface area contributed by atoms with Gasteiger partial charge in [-0.15, -0.1) is 0 Å². The minimum absolute atomic E-state index is 0.135. The summed E-state index contributed by atoms with van der Waals surface area (Å²) in [7, 11) is 0. The lowest BCUT2D eigenvalue weighted by atomic mass is 10.2. The van der Waals surface area contributed by atoms with Crippen LogP contribution >= 0.6 is 0 Å². The van der Waals surface area contributed by atoms with E-state index < -0.39 is 5.82 Å². The van der Waals surface area contributed by atoms with E-state index in [4.69, 9.17) is 11.0 Å². The summed E-state index contributed by atoms with van der Waals surface area (Å²) in [4.78, 5) is 1.62. The summed E-state index contributed by atoms with van der Waals surface area (Å²) in [5.41, 5.74) is 7.17. The van der Waals surface area contributed by atoms with Crippen LogP contribution in [-0.4, -0.2) is 6.67 Å². The van der Waals surface area contributed by atoms with Gasteiger partial charge in [-0.1, -0.05) is 18.2 Å². The highest BCUT2D eigenvalue weighted by Gasteiger charge is 2.12. The van der Waals surface area contributed by atoms with Crippen LogP contribution < -0.4 is 10.6 Å². The molecule has 0 saturated carbocycles. The second-order valence-electron chi connectivity index (χ2n) is 3.72. The molecule has 2 aromatic rings. The predicted molar refractivity (Wildman–Crippen MR) is 68.8 cm³/mol. The third-order valence-electron chi connectivity index (χ3n) is 2.62. The molecule has 0 aromatic heterocycles. The van der Waals surface area contributed by atoms with Crippen LogP contribution in [0.15, 0.2) is 48.5 Å². The molecule has 2 N–H and O–H groups in total. The molecule has 0 spiro atoms. The first kappa shape index (κ1) is 12.1. The number of nitrogens with zero attached hydrogens (tertiary/aromatic N) is 2. The first-order valence-electron chi connectivity index (χ1n) is 5.48. The lowest BCUT2D eigenvalue weighted by Gasteiger charge is -2.23. The van der Waals surface area contributed by atoms with Crippen molar-refractivity contribution in [3.63, 3.8) is 0 Å². The average molecular weight is 241 g/mol. The van der Waals surface area contributed by atoms with Crippen LogP contribution in [0, 0.1) is 17.1 Å². The minimum Gasteiger partial charge on any atom is -0.326 e. The van der Waals surface area contributed by atoms with Crippen molar-refractivity contribution in [1.29, 1.82) is 5.26 Å². The van der Waals surface area contributed by atoms with Gasteiger partial charge in [0.15, 0.2) is 0 Å². The molecule has 2 aromatic carbocycles. The molecular formula is C14H12FN3. The summed E-state index contributed by atoms with van der Waals surface area (Å²) in [6, 6.07) is 15.5. The van der Waals surface area contributed by atoms with Crippen molar-refractivity contribution in [3.8, 4) is 6.07 Å². The summed E-state index contributed by atoms with van der Waals surface area (Å²) >= 11 is 0. The molecule has 0 aliphatic heterocycles. The molecule has 0 bridgehead atoms. The standard InChI is InChI=1S/C14H12FN3/c15-13-7-6-11(9-16)8-14(13)18(10-17)12-4-2-1-3-5-12/h1-8H,10,17H2. The Morgan fingerprint density at radius 1 is 1.17 bits per heavy atom. The molecule has 4 heteroatoms. The molecule has 3 nitrogen and oxygen atoms in total. The quantitative estimate of drug-likeness (QED) is 0.840. The van der Waals surface area contributed by atoms with Gasteiger partial charge in [-0.25, -0.2) is 4.39 Å². The van der Waals surface area contributed by atoms with Gasteiger partial charge in [0.2, 0.25) is 0 Å². The monoisotopic (exact) mass is 241 g/mol. The van der Waals surface area contributed by atoms with Crippen LogP contribution in [0.2, 0.25) is 0 Å². The lowest BCUT2D eigenvalue weighted by Crippen LogP contribution is -2.25. The normalized spacial score (nSPS) is 9.83. The van der Waals surface area contributed by atoms with Gasteiger partial charge < -0.3 is 10.6 Å². The van der Waals surface area contributed by atoms with Gasteiger partial charge in [0.05, 0.1) is 24.0 Å². The van der Waals surface area contributed by atoms with Gasteiger partial charge in [-0.2, -0.15) is 5.26 Å². The zero-order valence-corrected chi connectivity index (χ0v) is 9.68. The highest BCUT2D eigenvalue weighted by Crippen LogP contribution is 2.27. The Bertz CT molecular complexity index is 575. The Hall–Kier alpha value is -2.38. The predicted octanol–water partition coefficient (Wildman–Crippen LogP) is 2.75. The van der Waals surface area contributed by atoms with Crippen LogP contribution in [-0.2, 0) is 0 Å². The summed E-state index contributed by atoms with van der Waals surface area (Å²) < 4.78 is 13.8. The lowest BCUT2D eigenvalue weighted by molar-refractivity contribution is 0.625. The number of nitrogens with two attached hydrogens (primary N) is 1. The van der Waals surface area contributed by atoms with Crippen LogP contribution in [0.1, 0.15) is 5.56 Å². The van der Waals surface area contributed by atoms with E-state index in [1.54, 1.807) is 4.90 Å². The fourth-order valence-electron chi connectivity index (χ4n) is 1.74. The van der Waals surface area contributed by atoms with E-state index in [1.807, 2.05) is 36.4 Å². The average Bonchev–Trinajstić information content (AvgIpc) is 2.43. The van der Waals surface area contributed by atoms with E-state index in [0.29, 0.717) is 11.3 Å². The number of anilines is 2. The maximum atomic E-state index is 13.8. The van der Waals surface area contributed by atoms with Crippen molar-refractivity contribution in [1.82, 2.24) is 0 Å². The topological polar surface area (TPSA) is 53.0 Å². The molecule has 90 valence electrons. The van der Waals surface area contributed by atoms with Gasteiger partial charge in [0, 0.05) is 5.69 Å². The number of nitriles is 1. The Labute approximate surface area is 105 Å². The Kier molecular flexibility index (Phi) is 3.56. The number of benzene rings is 2. The van der Waals surface area contributed by atoms with Crippen LogP contribution in [0.5, 0.6) is 0 Å². The van der Waals surface area contributed by atoms with Crippen molar-refractivity contribution in [2.75, 3.05) is 11.6 Å². The molecule has 0 heterocycles. The number of para-hydroxylation sites is 1. The molecule has 0 aliphatic carbocycles. The number of hydrogen-bond acceptors (Lipinski definition) is 3. The second-order valence-corrected chi connectivity index (χ2v) is 3.72. The highest BCUT2D eigenvalue weighted by atomic mass is 19.1. The third-order valence-corrected chi connectivity index (χ3v) is 2.62. The van der Waals surface area contributed by atoms with Crippen molar-refractivity contribution in [2.24, 2.45) is 5.73 Å². The van der Waals surface area contributed by atoms with E-state index in [0.717, 1.165) is 5.69 Å². The van der Waals surface area contributed by atoms with E-state index in [1.165, 1.54) is 18.2 Å². The zero-order chi connectivity index (χ0) is 13.0. The minimum atomic E-state index is -0.400. The first-order chi connectivity index (χ1) is 8.76. The summed E-state index contributed by atoms with van der Waals surface area (Å²) in [6.07, 6.45) is 0. The van der Waals surface area contributed by atoms with Crippen molar-refractivity contribution < 1.29 is 4.39 Å². The molecular weight excluding hydrogens is 229 g/mol. The van der Waals surface area contributed by atoms with Gasteiger partial charge in [0.1, 0.15) is 5.82 Å². The maximum Gasteiger partial charge on any atom is 0.146 e. The van der Waals surface area contributed by atoms with Crippen molar-refractivity contribution in [2.45, 2.75) is 0 Å². The Morgan fingerprint density at radius 2 is 1.89 bits per heavy atom. The van der Waals surface area contributed by atoms with Crippen molar-refractivity contribution >= 4 is 11.4 Å². The molecule has 0 fully saturated rings. The Balaban J connectivity index is 2.49. The molecule has 2 rings (SSSR count). The van der Waals surface area contributed by atoms with E-state index >= 15 is 0 Å². The molecule has 18 heavy (non-hydrogen) atoms. The smallest absolute Gasteiger partial charge is 0.146 e. The van der Waals surface area contributed by atoms with Crippen LogP contribution in [0.25, 0.3) is 0 Å². The SMILES string of the molecule is N#Cc1ccc(F)c(N(CN)c2ccccc2)c1. The number of rotatable bonds is 3. The van der Waals surface area contributed by atoms with Gasteiger partial charge in [-0.3, -0.25) is 0 Å². The fourth-order valence-corrected chi connectivity index (χ4v) is 1.74. The maximum absolute atomic E-state index is 13.8. The molecule has 0 amide bonds. The van der Waals surface area contributed by atoms with Gasteiger partial charge in [0.25, 0.3) is 0 Å². The first-order valence-corrected chi connectivity index (χ1v) is 5.48. The third kappa shape index (κ3) is 2.31. The molecule has 0 unspecified atom stereocenters.